The molecule has 0 saturated carbocycles. The van der Waals surface area contributed by atoms with Crippen molar-refractivity contribution in [2.75, 3.05) is 11.9 Å². The lowest BCUT2D eigenvalue weighted by Crippen LogP contribution is -2.24. The Morgan fingerprint density at radius 1 is 1.27 bits per heavy atom. The van der Waals surface area contributed by atoms with Crippen LogP contribution in [0.3, 0.4) is 0 Å². The van der Waals surface area contributed by atoms with Gasteiger partial charge in [-0.1, -0.05) is 53.7 Å². The molecule has 30 heavy (non-hydrogen) atoms. The number of aromatic nitrogens is 3. The van der Waals surface area contributed by atoms with Crippen molar-refractivity contribution in [2.45, 2.75) is 42.8 Å². The van der Waals surface area contributed by atoms with Crippen LogP contribution in [0.1, 0.15) is 19.8 Å². The highest BCUT2D eigenvalue weighted by Crippen LogP contribution is 2.30. The lowest BCUT2D eigenvalue weighted by molar-refractivity contribution is -0.115. The largest absolute Gasteiger partial charge is 0.376 e. The van der Waals surface area contributed by atoms with Gasteiger partial charge in [0.15, 0.2) is 5.16 Å². The minimum Gasteiger partial charge on any atom is -0.376 e. The van der Waals surface area contributed by atoms with E-state index in [9.17, 15) is 4.79 Å². The maximum Gasteiger partial charge on any atom is 0.238 e. The van der Waals surface area contributed by atoms with E-state index in [1.54, 1.807) is 12.1 Å². The molecule has 0 radical (unpaired) electrons. The first-order chi connectivity index (χ1) is 14.6. The number of hydrogen-bond donors (Lipinski definition) is 1. The fourth-order valence-electron chi connectivity index (χ4n) is 3.35. The number of nitrogens with zero attached hydrogens (tertiary/aromatic N) is 3. The van der Waals surface area contributed by atoms with Gasteiger partial charge in [0.1, 0.15) is 5.82 Å². The van der Waals surface area contributed by atoms with Gasteiger partial charge in [-0.2, -0.15) is 0 Å². The van der Waals surface area contributed by atoms with Gasteiger partial charge in [-0.05, 0) is 37.5 Å². The third-order valence-corrected chi connectivity index (χ3v) is 6.26. The number of carbonyl (C=O) groups is 1. The lowest BCUT2D eigenvalue weighted by atomic mass is 10.1. The van der Waals surface area contributed by atoms with Gasteiger partial charge >= 0.3 is 0 Å². The van der Waals surface area contributed by atoms with Crippen LogP contribution in [-0.2, 0) is 16.1 Å². The molecule has 2 atom stereocenters. The van der Waals surface area contributed by atoms with E-state index in [4.69, 9.17) is 16.3 Å². The molecule has 0 bridgehead atoms. The molecule has 1 N–H and O–H groups in total. The zero-order valence-corrected chi connectivity index (χ0v) is 18.2. The molecule has 1 saturated heterocycles. The summed E-state index contributed by atoms with van der Waals surface area (Å²) in [6.07, 6.45) is 5.67. The number of ether oxygens (including phenoxy) is 1. The Labute approximate surface area is 185 Å². The highest BCUT2D eigenvalue weighted by molar-refractivity contribution is 8.00. The number of carbonyl (C=O) groups excluding carboxylic acids is 1. The molecular weight excluding hydrogens is 420 g/mol. The molecule has 1 amide bonds. The van der Waals surface area contributed by atoms with E-state index < -0.39 is 0 Å². The molecule has 0 aliphatic carbocycles. The van der Waals surface area contributed by atoms with Gasteiger partial charge in [0.25, 0.3) is 0 Å². The lowest BCUT2D eigenvalue weighted by Gasteiger charge is -2.17. The number of halogens is 1. The fourth-order valence-corrected chi connectivity index (χ4v) is 4.36. The van der Waals surface area contributed by atoms with Crippen molar-refractivity contribution in [1.29, 1.82) is 0 Å². The number of nitrogens with one attached hydrogen (secondary N) is 1. The standard InChI is InChI=1S/C22H23ClN4O2S/c1-15(21(28)26-20-10-9-17(23)12-24-20)30-22-25-13-19(16-6-3-2-4-7-16)27(22)14-18-8-5-11-29-18/h2-4,6-7,9-10,12-13,15,18H,5,8,11,14H2,1H3,(H,24,26,28)/t15-,18-/m0/s1. The normalized spacial score (nSPS) is 17.1. The van der Waals surface area contributed by atoms with Crippen LogP contribution in [0.4, 0.5) is 5.82 Å². The van der Waals surface area contributed by atoms with Crippen molar-refractivity contribution in [2.24, 2.45) is 0 Å². The molecule has 6 nitrogen and oxygen atoms in total. The van der Waals surface area contributed by atoms with Gasteiger partial charge in [-0.15, -0.1) is 0 Å². The van der Waals surface area contributed by atoms with E-state index in [1.165, 1.54) is 18.0 Å². The van der Waals surface area contributed by atoms with Crippen molar-refractivity contribution in [3.8, 4) is 11.3 Å². The van der Waals surface area contributed by atoms with Crippen LogP contribution < -0.4 is 5.32 Å². The van der Waals surface area contributed by atoms with Crippen LogP contribution in [0, 0.1) is 0 Å². The number of imidazole rings is 1. The fraction of sp³-hybridized carbons (Fsp3) is 0.318. The number of amides is 1. The number of anilines is 1. The van der Waals surface area contributed by atoms with Crippen molar-refractivity contribution in [3.63, 3.8) is 0 Å². The molecule has 4 rings (SSSR count). The van der Waals surface area contributed by atoms with Crippen LogP contribution >= 0.6 is 23.4 Å². The van der Waals surface area contributed by atoms with Crippen LogP contribution in [0.5, 0.6) is 0 Å². The van der Waals surface area contributed by atoms with E-state index in [0.717, 1.165) is 42.4 Å². The Morgan fingerprint density at radius 2 is 2.10 bits per heavy atom. The average Bonchev–Trinajstić information content (AvgIpc) is 3.41. The van der Waals surface area contributed by atoms with Gasteiger partial charge in [-0.25, -0.2) is 9.97 Å². The molecule has 1 aliphatic heterocycles. The van der Waals surface area contributed by atoms with Gasteiger partial charge in [0.05, 0.1) is 34.8 Å². The number of thioether (sulfide) groups is 1. The van der Waals surface area contributed by atoms with Crippen LogP contribution in [-0.4, -0.2) is 38.4 Å². The highest BCUT2D eigenvalue weighted by atomic mass is 35.5. The molecule has 2 aromatic heterocycles. The maximum absolute atomic E-state index is 12.7. The SMILES string of the molecule is C[C@H](Sc1ncc(-c2ccccc2)n1C[C@@H]1CCCO1)C(=O)Nc1ccc(Cl)cn1. The van der Waals surface area contributed by atoms with Crippen LogP contribution in [0.15, 0.2) is 60.0 Å². The molecule has 3 heterocycles. The third kappa shape index (κ3) is 5.03. The van der Waals surface area contributed by atoms with Gasteiger partial charge in [0.2, 0.25) is 5.91 Å². The molecule has 156 valence electrons. The van der Waals surface area contributed by atoms with E-state index in [0.29, 0.717) is 10.8 Å². The quantitative estimate of drug-likeness (QED) is 0.527. The predicted octanol–water partition coefficient (Wildman–Crippen LogP) is 4.90. The molecule has 3 aromatic rings. The van der Waals surface area contributed by atoms with E-state index in [-0.39, 0.29) is 17.3 Å². The number of benzene rings is 1. The minimum absolute atomic E-state index is 0.136. The molecule has 0 unspecified atom stereocenters. The zero-order chi connectivity index (χ0) is 20.9. The summed E-state index contributed by atoms with van der Waals surface area (Å²) in [4.78, 5) is 21.4. The first-order valence-corrected chi connectivity index (χ1v) is 11.2. The highest BCUT2D eigenvalue weighted by Gasteiger charge is 2.23. The molecular formula is C22H23ClN4O2S. The monoisotopic (exact) mass is 442 g/mol. The maximum atomic E-state index is 12.7. The van der Waals surface area contributed by atoms with Crippen molar-refractivity contribution >= 4 is 35.1 Å². The Morgan fingerprint density at radius 3 is 2.80 bits per heavy atom. The Balaban J connectivity index is 1.52. The molecule has 8 heteroatoms. The Kier molecular flexibility index (Phi) is 6.72. The predicted molar refractivity (Wildman–Crippen MR) is 120 cm³/mol. The summed E-state index contributed by atoms with van der Waals surface area (Å²) in [5.74, 6) is 0.340. The topological polar surface area (TPSA) is 69.0 Å². The summed E-state index contributed by atoms with van der Waals surface area (Å²) in [5, 5.41) is 3.81. The Bertz CT molecular complexity index is 988. The molecule has 1 aromatic carbocycles. The second-order valence-corrected chi connectivity index (χ2v) is 8.89. The summed E-state index contributed by atoms with van der Waals surface area (Å²) in [5.41, 5.74) is 2.12. The second kappa shape index (κ2) is 9.64. The van der Waals surface area contributed by atoms with Crippen LogP contribution in [0.25, 0.3) is 11.3 Å². The third-order valence-electron chi connectivity index (χ3n) is 4.93. The van der Waals surface area contributed by atoms with E-state index >= 15 is 0 Å². The van der Waals surface area contributed by atoms with E-state index in [2.05, 4.69) is 32.0 Å². The average molecular weight is 443 g/mol. The van der Waals surface area contributed by atoms with Crippen molar-refractivity contribution < 1.29 is 9.53 Å². The molecule has 1 fully saturated rings. The second-order valence-electron chi connectivity index (χ2n) is 7.15. The summed E-state index contributed by atoms with van der Waals surface area (Å²) in [7, 11) is 0. The first-order valence-electron chi connectivity index (χ1n) is 9.92. The zero-order valence-electron chi connectivity index (χ0n) is 16.6. The number of rotatable bonds is 7. The number of pyridine rings is 1. The summed E-state index contributed by atoms with van der Waals surface area (Å²) >= 11 is 7.29. The van der Waals surface area contributed by atoms with Gasteiger partial charge in [-0.3, -0.25) is 4.79 Å². The Hall–Kier alpha value is -2.35. The van der Waals surface area contributed by atoms with Crippen molar-refractivity contribution in [1.82, 2.24) is 14.5 Å². The first kappa shape index (κ1) is 20.9. The summed E-state index contributed by atoms with van der Waals surface area (Å²) < 4.78 is 8.02. The van der Waals surface area contributed by atoms with Gasteiger partial charge in [0, 0.05) is 12.8 Å². The minimum atomic E-state index is -0.350. The molecule has 0 spiro atoms. The van der Waals surface area contributed by atoms with Crippen molar-refractivity contribution in [3.05, 3.63) is 59.9 Å². The van der Waals surface area contributed by atoms with E-state index in [1.807, 2.05) is 31.3 Å². The summed E-state index contributed by atoms with van der Waals surface area (Å²) in [6.45, 7) is 3.39. The smallest absolute Gasteiger partial charge is 0.238 e. The molecule has 1 aliphatic rings. The van der Waals surface area contributed by atoms with Crippen LogP contribution in [0.2, 0.25) is 5.02 Å². The summed E-state index contributed by atoms with van der Waals surface area (Å²) in [6, 6.07) is 13.5. The van der Waals surface area contributed by atoms with Gasteiger partial charge < -0.3 is 14.6 Å². The number of hydrogen-bond acceptors (Lipinski definition) is 5.